The number of nitrogens with zero attached hydrogens (tertiary/aromatic N) is 1. The Kier molecular flexibility index (Phi) is 6.32. The van der Waals surface area contributed by atoms with Crippen molar-refractivity contribution in [3.8, 4) is 0 Å². The number of likely N-dealkylation sites (tertiary alicyclic amines) is 1. The van der Waals surface area contributed by atoms with Crippen LogP contribution in [-0.4, -0.2) is 52.6 Å². The van der Waals surface area contributed by atoms with Gasteiger partial charge in [0.05, 0.1) is 0 Å². The van der Waals surface area contributed by atoms with Crippen molar-refractivity contribution >= 4 is 23.8 Å². The van der Waals surface area contributed by atoms with Gasteiger partial charge in [-0.25, -0.2) is 9.59 Å². The Labute approximate surface area is 112 Å². The number of aliphatic carboxylic acids is 1. The average Bonchev–Trinajstić information content (AvgIpc) is 2.34. The number of hydrogen-bond acceptors (Lipinski definition) is 3. The molecule has 0 aromatic carbocycles. The Bertz CT molecular complexity index is 299. The second-order valence-electron chi connectivity index (χ2n) is 4.66. The third-order valence-corrected chi connectivity index (χ3v) is 3.91. The third-order valence-electron chi connectivity index (χ3n) is 3.27. The number of carbonyl (C=O) groups excluding carboxylic acids is 1. The standard InChI is InChI=1S/C12H22N2O3S/c1-9-5-3-4-7-14(9)12(17)13-10(11(15)16)6-8-18-2/h9-10H,3-8H2,1-2H3,(H,13,17)(H,15,16). The van der Waals surface area contributed by atoms with Gasteiger partial charge < -0.3 is 15.3 Å². The van der Waals surface area contributed by atoms with Gasteiger partial charge in [0.15, 0.2) is 0 Å². The van der Waals surface area contributed by atoms with Crippen LogP contribution in [0.4, 0.5) is 4.79 Å². The molecule has 18 heavy (non-hydrogen) atoms. The number of piperidine rings is 1. The molecule has 2 atom stereocenters. The van der Waals surface area contributed by atoms with Crippen molar-refractivity contribution in [2.24, 2.45) is 0 Å². The van der Waals surface area contributed by atoms with E-state index < -0.39 is 12.0 Å². The van der Waals surface area contributed by atoms with Crippen LogP contribution in [-0.2, 0) is 4.79 Å². The number of amides is 2. The lowest BCUT2D eigenvalue weighted by Gasteiger charge is -2.34. The van der Waals surface area contributed by atoms with E-state index in [0.717, 1.165) is 31.6 Å². The minimum absolute atomic E-state index is 0.203. The lowest BCUT2D eigenvalue weighted by molar-refractivity contribution is -0.139. The molecule has 0 aromatic rings. The smallest absolute Gasteiger partial charge is 0.326 e. The van der Waals surface area contributed by atoms with Crippen LogP contribution in [0.5, 0.6) is 0 Å². The zero-order valence-corrected chi connectivity index (χ0v) is 11.8. The van der Waals surface area contributed by atoms with Crippen LogP contribution in [0.1, 0.15) is 32.6 Å². The summed E-state index contributed by atoms with van der Waals surface area (Å²) in [6, 6.07) is -0.816. The fourth-order valence-corrected chi connectivity index (χ4v) is 2.60. The van der Waals surface area contributed by atoms with Crippen LogP contribution in [0.2, 0.25) is 0 Å². The highest BCUT2D eigenvalue weighted by Gasteiger charge is 2.27. The molecule has 0 aromatic heterocycles. The van der Waals surface area contributed by atoms with E-state index in [1.807, 2.05) is 13.2 Å². The second-order valence-corrected chi connectivity index (χ2v) is 5.65. The normalized spacial score (nSPS) is 21.4. The number of carboxylic acids is 1. The van der Waals surface area contributed by atoms with E-state index in [1.165, 1.54) is 0 Å². The number of hydrogen-bond donors (Lipinski definition) is 2. The molecule has 2 amide bonds. The molecule has 1 heterocycles. The molecule has 1 aliphatic heterocycles. The molecule has 104 valence electrons. The van der Waals surface area contributed by atoms with Crippen molar-refractivity contribution < 1.29 is 14.7 Å². The number of carbonyl (C=O) groups is 2. The molecule has 6 heteroatoms. The Morgan fingerprint density at radius 2 is 2.22 bits per heavy atom. The van der Waals surface area contributed by atoms with Crippen molar-refractivity contribution in [2.45, 2.75) is 44.7 Å². The van der Waals surface area contributed by atoms with E-state index in [-0.39, 0.29) is 12.1 Å². The van der Waals surface area contributed by atoms with E-state index in [1.54, 1.807) is 16.7 Å². The Balaban J connectivity index is 2.51. The Morgan fingerprint density at radius 3 is 2.78 bits per heavy atom. The summed E-state index contributed by atoms with van der Waals surface area (Å²) in [7, 11) is 0. The van der Waals surface area contributed by atoms with E-state index in [4.69, 9.17) is 5.11 Å². The van der Waals surface area contributed by atoms with Crippen LogP contribution >= 0.6 is 11.8 Å². The number of rotatable bonds is 5. The SMILES string of the molecule is CSCCC(NC(=O)N1CCCCC1C)C(=O)O. The van der Waals surface area contributed by atoms with Crippen molar-refractivity contribution in [3.05, 3.63) is 0 Å². The predicted octanol–water partition coefficient (Wildman–Crippen LogP) is 1.78. The quantitative estimate of drug-likeness (QED) is 0.801. The summed E-state index contributed by atoms with van der Waals surface area (Å²) in [5, 5.41) is 11.7. The van der Waals surface area contributed by atoms with Crippen molar-refractivity contribution in [1.82, 2.24) is 10.2 Å². The monoisotopic (exact) mass is 274 g/mol. The third kappa shape index (κ3) is 4.40. The van der Waals surface area contributed by atoms with Gasteiger partial charge in [-0.05, 0) is 44.6 Å². The van der Waals surface area contributed by atoms with Gasteiger partial charge in [-0.15, -0.1) is 0 Å². The number of thioether (sulfide) groups is 1. The maximum absolute atomic E-state index is 12.0. The minimum Gasteiger partial charge on any atom is -0.480 e. The summed E-state index contributed by atoms with van der Waals surface area (Å²) in [5.41, 5.74) is 0. The zero-order valence-electron chi connectivity index (χ0n) is 11.0. The highest BCUT2D eigenvalue weighted by Crippen LogP contribution is 2.16. The minimum atomic E-state index is -0.956. The topological polar surface area (TPSA) is 69.6 Å². The predicted molar refractivity (Wildman–Crippen MR) is 73.0 cm³/mol. The second kappa shape index (κ2) is 7.51. The highest BCUT2D eigenvalue weighted by molar-refractivity contribution is 7.98. The molecule has 2 N–H and O–H groups in total. The molecule has 1 rings (SSSR count). The van der Waals surface area contributed by atoms with Crippen molar-refractivity contribution in [2.75, 3.05) is 18.6 Å². The van der Waals surface area contributed by atoms with E-state index in [9.17, 15) is 9.59 Å². The Morgan fingerprint density at radius 1 is 1.50 bits per heavy atom. The molecule has 0 spiro atoms. The fraction of sp³-hybridized carbons (Fsp3) is 0.833. The summed E-state index contributed by atoms with van der Waals surface area (Å²) in [6.45, 7) is 2.73. The lowest BCUT2D eigenvalue weighted by Crippen LogP contribution is -2.52. The highest BCUT2D eigenvalue weighted by atomic mass is 32.2. The van der Waals surface area contributed by atoms with Crippen LogP contribution in [0.15, 0.2) is 0 Å². The molecule has 0 bridgehead atoms. The van der Waals surface area contributed by atoms with Crippen LogP contribution < -0.4 is 5.32 Å². The summed E-state index contributed by atoms with van der Waals surface area (Å²) in [5.74, 6) is -0.227. The molecular weight excluding hydrogens is 252 g/mol. The maximum Gasteiger partial charge on any atom is 0.326 e. The van der Waals surface area contributed by atoms with Gasteiger partial charge in [-0.1, -0.05) is 0 Å². The summed E-state index contributed by atoms with van der Waals surface area (Å²) in [4.78, 5) is 24.8. The van der Waals surface area contributed by atoms with Gasteiger partial charge in [0.2, 0.25) is 0 Å². The molecule has 0 saturated carbocycles. The number of urea groups is 1. The van der Waals surface area contributed by atoms with Gasteiger partial charge >= 0.3 is 12.0 Å². The largest absolute Gasteiger partial charge is 0.480 e. The average molecular weight is 274 g/mol. The molecule has 1 saturated heterocycles. The fourth-order valence-electron chi connectivity index (χ4n) is 2.12. The first-order valence-electron chi connectivity index (χ1n) is 6.35. The van der Waals surface area contributed by atoms with Gasteiger partial charge in [-0.3, -0.25) is 0 Å². The molecule has 2 unspecified atom stereocenters. The maximum atomic E-state index is 12.0. The van der Waals surface area contributed by atoms with Gasteiger partial charge in [-0.2, -0.15) is 11.8 Å². The summed E-state index contributed by atoms with van der Waals surface area (Å²) < 4.78 is 0. The molecule has 1 aliphatic rings. The summed E-state index contributed by atoms with van der Waals surface area (Å²) in [6.07, 6.45) is 5.52. The van der Waals surface area contributed by atoms with Gasteiger partial charge in [0, 0.05) is 12.6 Å². The molecule has 1 fully saturated rings. The molecular formula is C12H22N2O3S. The van der Waals surface area contributed by atoms with Crippen molar-refractivity contribution in [1.29, 1.82) is 0 Å². The first-order valence-corrected chi connectivity index (χ1v) is 7.74. The van der Waals surface area contributed by atoms with Gasteiger partial charge in [0.1, 0.15) is 6.04 Å². The molecule has 0 radical (unpaired) electrons. The Hall–Kier alpha value is -0.910. The number of nitrogens with one attached hydrogen (secondary N) is 1. The zero-order chi connectivity index (χ0) is 13.5. The molecule has 0 aliphatic carbocycles. The van der Waals surface area contributed by atoms with E-state index in [0.29, 0.717) is 6.42 Å². The van der Waals surface area contributed by atoms with Crippen LogP contribution in [0.25, 0.3) is 0 Å². The summed E-state index contributed by atoms with van der Waals surface area (Å²) >= 11 is 1.58. The lowest BCUT2D eigenvalue weighted by atomic mass is 10.0. The number of carboxylic acid groups (broad SMARTS) is 1. The van der Waals surface area contributed by atoms with E-state index >= 15 is 0 Å². The van der Waals surface area contributed by atoms with Crippen LogP contribution in [0.3, 0.4) is 0 Å². The first-order chi connectivity index (χ1) is 8.56. The molecule has 5 nitrogen and oxygen atoms in total. The first kappa shape index (κ1) is 15.1. The van der Waals surface area contributed by atoms with Crippen molar-refractivity contribution in [3.63, 3.8) is 0 Å². The van der Waals surface area contributed by atoms with Crippen LogP contribution in [0, 0.1) is 0 Å². The van der Waals surface area contributed by atoms with Gasteiger partial charge in [0.25, 0.3) is 0 Å². The van der Waals surface area contributed by atoms with E-state index in [2.05, 4.69) is 5.32 Å².